The second-order valence-electron chi connectivity index (χ2n) is 5.66. The average Bonchev–Trinajstić information content (AvgIpc) is 2.47. The van der Waals surface area contributed by atoms with E-state index in [1.807, 2.05) is 50.4 Å². The Hall–Kier alpha value is -1.71. The number of hydrogen-bond donors (Lipinski definition) is 1. The van der Waals surface area contributed by atoms with Crippen LogP contribution in [-0.2, 0) is 6.54 Å². The molecule has 2 unspecified atom stereocenters. The zero-order chi connectivity index (χ0) is 15.2. The third-order valence-corrected chi connectivity index (χ3v) is 3.62. The van der Waals surface area contributed by atoms with E-state index in [1.165, 1.54) is 6.07 Å². The van der Waals surface area contributed by atoms with Crippen LogP contribution in [0, 0.1) is 11.7 Å². The van der Waals surface area contributed by atoms with E-state index < -0.39 is 6.10 Å². The Labute approximate surface area is 125 Å². The van der Waals surface area contributed by atoms with Crippen LogP contribution in [-0.4, -0.2) is 23.6 Å². The summed E-state index contributed by atoms with van der Waals surface area (Å²) in [5.74, 6) is -0.107. The molecule has 0 aliphatic rings. The monoisotopic (exact) mass is 287 g/mol. The van der Waals surface area contributed by atoms with E-state index in [9.17, 15) is 9.50 Å². The molecule has 112 valence electrons. The molecular weight excluding hydrogens is 265 g/mol. The molecule has 0 aliphatic carbocycles. The van der Waals surface area contributed by atoms with Crippen molar-refractivity contribution in [3.8, 4) is 0 Å². The number of benzene rings is 2. The van der Waals surface area contributed by atoms with Crippen LogP contribution in [0.25, 0.3) is 0 Å². The van der Waals surface area contributed by atoms with Crippen LogP contribution in [0.1, 0.15) is 24.2 Å². The zero-order valence-electron chi connectivity index (χ0n) is 12.5. The molecule has 0 fully saturated rings. The van der Waals surface area contributed by atoms with E-state index in [1.54, 1.807) is 12.1 Å². The first-order chi connectivity index (χ1) is 10.1. The van der Waals surface area contributed by atoms with Crippen LogP contribution >= 0.6 is 0 Å². The summed E-state index contributed by atoms with van der Waals surface area (Å²) >= 11 is 0. The molecular formula is C18H22FNO. The van der Waals surface area contributed by atoms with Gasteiger partial charge in [-0.2, -0.15) is 0 Å². The SMILES string of the molecule is CC(CN(C)Cc1cccc(F)c1)C(O)c1ccccc1. The molecule has 0 heterocycles. The Morgan fingerprint density at radius 1 is 1.10 bits per heavy atom. The van der Waals surface area contributed by atoms with Gasteiger partial charge >= 0.3 is 0 Å². The minimum atomic E-state index is -0.485. The molecule has 0 radical (unpaired) electrons. The lowest BCUT2D eigenvalue weighted by molar-refractivity contribution is 0.0933. The van der Waals surface area contributed by atoms with Crippen LogP contribution in [0.5, 0.6) is 0 Å². The lowest BCUT2D eigenvalue weighted by Gasteiger charge is -2.25. The summed E-state index contributed by atoms with van der Waals surface area (Å²) in [4.78, 5) is 2.10. The molecule has 3 heteroatoms. The smallest absolute Gasteiger partial charge is 0.123 e. The third-order valence-electron chi connectivity index (χ3n) is 3.62. The molecule has 0 spiro atoms. The summed E-state index contributed by atoms with van der Waals surface area (Å²) in [5.41, 5.74) is 1.88. The highest BCUT2D eigenvalue weighted by Gasteiger charge is 2.17. The van der Waals surface area contributed by atoms with Gasteiger partial charge in [-0.15, -0.1) is 0 Å². The number of rotatable bonds is 6. The first-order valence-electron chi connectivity index (χ1n) is 7.22. The lowest BCUT2D eigenvalue weighted by Crippen LogP contribution is -2.27. The normalized spacial score (nSPS) is 14.1. The van der Waals surface area contributed by atoms with E-state index in [0.717, 1.165) is 17.7 Å². The van der Waals surface area contributed by atoms with Crippen molar-refractivity contribution in [2.24, 2.45) is 5.92 Å². The average molecular weight is 287 g/mol. The molecule has 0 aromatic heterocycles. The van der Waals surface area contributed by atoms with Crippen molar-refractivity contribution in [3.05, 3.63) is 71.5 Å². The highest BCUT2D eigenvalue weighted by atomic mass is 19.1. The number of halogens is 1. The molecule has 21 heavy (non-hydrogen) atoms. The molecule has 0 saturated heterocycles. The standard InChI is InChI=1S/C18H22FNO/c1-14(18(21)16-8-4-3-5-9-16)12-20(2)13-15-7-6-10-17(19)11-15/h3-11,14,18,21H,12-13H2,1-2H3. The zero-order valence-corrected chi connectivity index (χ0v) is 12.5. The number of aliphatic hydroxyl groups excluding tert-OH is 1. The van der Waals surface area contributed by atoms with Crippen molar-refractivity contribution >= 4 is 0 Å². The van der Waals surface area contributed by atoms with Gasteiger partial charge in [0.05, 0.1) is 6.10 Å². The number of aliphatic hydroxyl groups is 1. The van der Waals surface area contributed by atoms with Crippen molar-refractivity contribution < 1.29 is 9.50 Å². The molecule has 2 atom stereocenters. The van der Waals surface area contributed by atoms with Crippen LogP contribution in [0.3, 0.4) is 0 Å². The van der Waals surface area contributed by atoms with Crippen molar-refractivity contribution in [3.63, 3.8) is 0 Å². The van der Waals surface area contributed by atoms with Crippen molar-refractivity contribution in [1.29, 1.82) is 0 Å². The minimum Gasteiger partial charge on any atom is -0.388 e. The Balaban J connectivity index is 1.91. The van der Waals surface area contributed by atoms with Crippen LogP contribution in [0.2, 0.25) is 0 Å². The van der Waals surface area contributed by atoms with Gasteiger partial charge in [-0.05, 0) is 36.2 Å². The summed E-state index contributed by atoms with van der Waals surface area (Å²) in [7, 11) is 1.99. The van der Waals surface area contributed by atoms with Crippen molar-refractivity contribution in [2.75, 3.05) is 13.6 Å². The first kappa shape index (κ1) is 15.7. The van der Waals surface area contributed by atoms with Gasteiger partial charge in [0.15, 0.2) is 0 Å². The Morgan fingerprint density at radius 2 is 1.81 bits per heavy atom. The van der Waals surface area contributed by atoms with Crippen LogP contribution in [0.4, 0.5) is 4.39 Å². The number of hydrogen-bond acceptors (Lipinski definition) is 2. The van der Waals surface area contributed by atoms with Gasteiger partial charge in [0.1, 0.15) is 5.82 Å². The van der Waals surface area contributed by atoms with Crippen LogP contribution in [0.15, 0.2) is 54.6 Å². The molecule has 2 nitrogen and oxygen atoms in total. The van der Waals surface area contributed by atoms with Gasteiger partial charge in [0.25, 0.3) is 0 Å². The quantitative estimate of drug-likeness (QED) is 0.877. The highest BCUT2D eigenvalue weighted by molar-refractivity contribution is 5.18. The van der Waals surface area contributed by atoms with Crippen molar-refractivity contribution in [1.82, 2.24) is 4.90 Å². The topological polar surface area (TPSA) is 23.5 Å². The molecule has 0 saturated carbocycles. The molecule has 0 bridgehead atoms. The predicted molar refractivity (Wildman–Crippen MR) is 83.3 cm³/mol. The van der Waals surface area contributed by atoms with E-state index in [0.29, 0.717) is 6.54 Å². The van der Waals surface area contributed by atoms with Gasteiger partial charge in [-0.1, -0.05) is 49.4 Å². The molecule has 2 aromatic rings. The van der Waals surface area contributed by atoms with Crippen molar-refractivity contribution in [2.45, 2.75) is 19.6 Å². The third kappa shape index (κ3) is 4.66. The summed E-state index contributed by atoms with van der Waals surface area (Å²) in [6, 6.07) is 16.3. The lowest BCUT2D eigenvalue weighted by atomic mass is 9.97. The van der Waals surface area contributed by atoms with Crippen LogP contribution < -0.4 is 0 Å². The predicted octanol–water partition coefficient (Wildman–Crippen LogP) is 3.63. The number of nitrogens with zero attached hydrogens (tertiary/aromatic N) is 1. The molecule has 0 amide bonds. The maximum Gasteiger partial charge on any atom is 0.123 e. The van der Waals surface area contributed by atoms with E-state index in [2.05, 4.69) is 4.90 Å². The second kappa shape index (κ2) is 7.34. The molecule has 1 N–H and O–H groups in total. The fourth-order valence-corrected chi connectivity index (χ4v) is 2.58. The minimum absolute atomic E-state index is 0.103. The highest BCUT2D eigenvalue weighted by Crippen LogP contribution is 2.22. The fraction of sp³-hybridized carbons (Fsp3) is 0.333. The molecule has 2 aromatic carbocycles. The van der Waals surface area contributed by atoms with Gasteiger partial charge in [-0.25, -0.2) is 4.39 Å². The van der Waals surface area contributed by atoms with Gasteiger partial charge in [-0.3, -0.25) is 0 Å². The largest absolute Gasteiger partial charge is 0.388 e. The second-order valence-corrected chi connectivity index (χ2v) is 5.66. The Kier molecular flexibility index (Phi) is 5.48. The van der Waals surface area contributed by atoms with Gasteiger partial charge in [0, 0.05) is 13.1 Å². The molecule has 2 rings (SSSR count). The maximum absolute atomic E-state index is 13.2. The summed E-state index contributed by atoms with van der Waals surface area (Å²) < 4.78 is 13.2. The summed E-state index contributed by atoms with van der Waals surface area (Å²) in [6.45, 7) is 3.44. The summed E-state index contributed by atoms with van der Waals surface area (Å²) in [5, 5.41) is 10.4. The van der Waals surface area contributed by atoms with E-state index in [-0.39, 0.29) is 11.7 Å². The fourth-order valence-electron chi connectivity index (χ4n) is 2.58. The van der Waals surface area contributed by atoms with E-state index in [4.69, 9.17) is 0 Å². The first-order valence-corrected chi connectivity index (χ1v) is 7.22. The van der Waals surface area contributed by atoms with Gasteiger partial charge < -0.3 is 10.0 Å². The Bertz CT molecular complexity index is 558. The van der Waals surface area contributed by atoms with Gasteiger partial charge in [0.2, 0.25) is 0 Å². The Morgan fingerprint density at radius 3 is 2.48 bits per heavy atom. The maximum atomic E-state index is 13.2. The van der Waals surface area contributed by atoms with E-state index >= 15 is 0 Å². The summed E-state index contributed by atoms with van der Waals surface area (Å²) in [6.07, 6.45) is -0.485. The molecule has 0 aliphatic heterocycles.